The highest BCUT2D eigenvalue weighted by molar-refractivity contribution is 5.80. The summed E-state index contributed by atoms with van der Waals surface area (Å²) in [6.07, 6.45) is 0.770. The molecule has 2 unspecified atom stereocenters. The Labute approximate surface area is 110 Å². The molecule has 0 aromatic rings. The Morgan fingerprint density at radius 2 is 1.83 bits per heavy atom. The van der Waals surface area contributed by atoms with E-state index in [2.05, 4.69) is 18.6 Å². The third-order valence-corrected chi connectivity index (χ3v) is 2.92. The Bertz CT molecular complexity index is 279. The molecule has 1 amide bonds. The normalized spacial score (nSPS) is 14.2. The van der Waals surface area contributed by atoms with Gasteiger partial charge in [-0.1, -0.05) is 20.8 Å². The SMILES string of the molecule is COC(=O)C(C)CN(C)C(=O)C(CN)CC(C)C. The van der Waals surface area contributed by atoms with E-state index < -0.39 is 0 Å². The minimum absolute atomic E-state index is 0.00181. The Morgan fingerprint density at radius 1 is 1.28 bits per heavy atom. The maximum absolute atomic E-state index is 12.1. The smallest absolute Gasteiger partial charge is 0.310 e. The number of nitrogens with zero attached hydrogens (tertiary/aromatic N) is 1. The average molecular weight is 258 g/mol. The van der Waals surface area contributed by atoms with E-state index in [0.717, 1.165) is 6.42 Å². The van der Waals surface area contributed by atoms with Gasteiger partial charge in [0.15, 0.2) is 0 Å². The number of amides is 1. The molecule has 0 aromatic heterocycles. The molecule has 0 heterocycles. The molecule has 0 fully saturated rings. The second-order valence-corrected chi connectivity index (χ2v) is 5.21. The van der Waals surface area contributed by atoms with Gasteiger partial charge in [-0.15, -0.1) is 0 Å². The van der Waals surface area contributed by atoms with Gasteiger partial charge >= 0.3 is 5.97 Å². The Hall–Kier alpha value is -1.10. The molecule has 2 atom stereocenters. The molecular weight excluding hydrogens is 232 g/mol. The highest BCUT2D eigenvalue weighted by Crippen LogP contribution is 2.14. The molecule has 0 aliphatic carbocycles. The predicted molar refractivity (Wildman–Crippen MR) is 70.8 cm³/mol. The molecule has 0 bridgehead atoms. The summed E-state index contributed by atoms with van der Waals surface area (Å²) in [6, 6.07) is 0. The summed E-state index contributed by atoms with van der Waals surface area (Å²) in [7, 11) is 3.05. The van der Waals surface area contributed by atoms with Crippen molar-refractivity contribution in [3.8, 4) is 0 Å². The van der Waals surface area contributed by atoms with Crippen LogP contribution in [0.4, 0.5) is 0 Å². The van der Waals surface area contributed by atoms with Gasteiger partial charge in [-0.05, 0) is 12.3 Å². The first-order valence-corrected chi connectivity index (χ1v) is 6.36. The van der Waals surface area contributed by atoms with Gasteiger partial charge in [0.2, 0.25) is 5.91 Å². The van der Waals surface area contributed by atoms with Gasteiger partial charge in [0.1, 0.15) is 0 Å². The van der Waals surface area contributed by atoms with Crippen LogP contribution in [0, 0.1) is 17.8 Å². The standard InChI is InChI=1S/C13H26N2O3/c1-9(2)6-11(7-14)12(16)15(4)8-10(3)13(17)18-5/h9-11H,6-8,14H2,1-5H3. The Kier molecular flexibility index (Phi) is 7.59. The Balaban J connectivity index is 4.43. The highest BCUT2D eigenvalue weighted by Gasteiger charge is 2.24. The van der Waals surface area contributed by atoms with Crippen molar-refractivity contribution in [2.24, 2.45) is 23.5 Å². The zero-order valence-electron chi connectivity index (χ0n) is 12.1. The Morgan fingerprint density at radius 3 is 2.22 bits per heavy atom. The lowest BCUT2D eigenvalue weighted by Crippen LogP contribution is -2.40. The van der Waals surface area contributed by atoms with E-state index in [1.807, 2.05) is 0 Å². The van der Waals surface area contributed by atoms with Crippen LogP contribution in [0.5, 0.6) is 0 Å². The van der Waals surface area contributed by atoms with Crippen molar-refractivity contribution in [2.45, 2.75) is 27.2 Å². The van der Waals surface area contributed by atoms with Crippen LogP contribution in [0.2, 0.25) is 0 Å². The number of carbonyl (C=O) groups is 2. The van der Waals surface area contributed by atoms with Gasteiger partial charge in [0, 0.05) is 20.1 Å². The molecule has 18 heavy (non-hydrogen) atoms. The summed E-state index contributed by atoms with van der Waals surface area (Å²) in [5, 5.41) is 0. The molecule has 0 spiro atoms. The molecule has 0 aromatic carbocycles. The van der Waals surface area contributed by atoms with Crippen molar-refractivity contribution in [3.63, 3.8) is 0 Å². The molecule has 0 saturated heterocycles. The fraction of sp³-hybridized carbons (Fsp3) is 0.846. The van der Waals surface area contributed by atoms with Crippen LogP contribution in [0.1, 0.15) is 27.2 Å². The number of rotatable bonds is 7. The summed E-state index contributed by atoms with van der Waals surface area (Å²) in [5.41, 5.74) is 5.64. The van der Waals surface area contributed by atoms with Crippen molar-refractivity contribution in [2.75, 3.05) is 27.2 Å². The highest BCUT2D eigenvalue weighted by atomic mass is 16.5. The van der Waals surface area contributed by atoms with Gasteiger partial charge < -0.3 is 15.4 Å². The third-order valence-electron chi connectivity index (χ3n) is 2.92. The monoisotopic (exact) mass is 258 g/mol. The lowest BCUT2D eigenvalue weighted by molar-refractivity contribution is -0.146. The van der Waals surface area contributed by atoms with Crippen molar-refractivity contribution in [1.82, 2.24) is 4.90 Å². The van der Waals surface area contributed by atoms with Crippen molar-refractivity contribution in [3.05, 3.63) is 0 Å². The summed E-state index contributed by atoms with van der Waals surface area (Å²) in [4.78, 5) is 25.0. The van der Waals surface area contributed by atoms with E-state index in [-0.39, 0.29) is 23.7 Å². The lowest BCUT2D eigenvalue weighted by Gasteiger charge is -2.25. The molecule has 106 valence electrons. The molecule has 0 rings (SSSR count). The van der Waals surface area contributed by atoms with Crippen LogP contribution in [0.25, 0.3) is 0 Å². The first kappa shape index (κ1) is 16.9. The minimum atomic E-state index is -0.318. The quantitative estimate of drug-likeness (QED) is 0.688. The molecule has 5 nitrogen and oxygen atoms in total. The van der Waals surface area contributed by atoms with E-state index in [0.29, 0.717) is 19.0 Å². The molecule has 0 radical (unpaired) electrons. The fourth-order valence-corrected chi connectivity index (χ4v) is 1.96. The zero-order chi connectivity index (χ0) is 14.3. The van der Waals surface area contributed by atoms with Gasteiger partial charge in [0.05, 0.1) is 18.9 Å². The van der Waals surface area contributed by atoms with Gasteiger partial charge in [-0.3, -0.25) is 9.59 Å². The van der Waals surface area contributed by atoms with Crippen molar-refractivity contribution < 1.29 is 14.3 Å². The lowest BCUT2D eigenvalue weighted by atomic mass is 9.95. The first-order valence-electron chi connectivity index (χ1n) is 6.36. The zero-order valence-corrected chi connectivity index (χ0v) is 12.1. The maximum atomic E-state index is 12.1. The van der Waals surface area contributed by atoms with E-state index >= 15 is 0 Å². The van der Waals surface area contributed by atoms with E-state index in [9.17, 15) is 9.59 Å². The second kappa shape index (κ2) is 8.08. The number of ether oxygens (including phenoxy) is 1. The summed E-state index contributed by atoms with van der Waals surface area (Å²) in [5.74, 6) is -0.361. The number of hydrogen-bond donors (Lipinski definition) is 1. The van der Waals surface area contributed by atoms with E-state index in [4.69, 9.17) is 5.73 Å². The molecule has 0 aliphatic heterocycles. The number of esters is 1. The molecule has 5 heteroatoms. The average Bonchev–Trinajstić information content (AvgIpc) is 2.33. The minimum Gasteiger partial charge on any atom is -0.469 e. The first-order chi connectivity index (χ1) is 8.33. The van der Waals surface area contributed by atoms with E-state index in [1.165, 1.54) is 7.11 Å². The number of methoxy groups -OCH3 is 1. The predicted octanol–water partition coefficient (Wildman–Crippen LogP) is 0.875. The van der Waals surface area contributed by atoms with Gasteiger partial charge in [-0.25, -0.2) is 0 Å². The molecule has 0 aliphatic rings. The van der Waals surface area contributed by atoms with Crippen LogP contribution in [-0.2, 0) is 14.3 Å². The molecule has 0 saturated carbocycles. The number of carbonyl (C=O) groups excluding carboxylic acids is 2. The maximum Gasteiger partial charge on any atom is 0.310 e. The van der Waals surface area contributed by atoms with Crippen LogP contribution < -0.4 is 5.73 Å². The fourth-order valence-electron chi connectivity index (χ4n) is 1.96. The second-order valence-electron chi connectivity index (χ2n) is 5.21. The number of hydrogen-bond acceptors (Lipinski definition) is 4. The molecular formula is C13H26N2O3. The van der Waals surface area contributed by atoms with Crippen molar-refractivity contribution >= 4 is 11.9 Å². The van der Waals surface area contributed by atoms with Crippen molar-refractivity contribution in [1.29, 1.82) is 0 Å². The van der Waals surface area contributed by atoms with Gasteiger partial charge in [-0.2, -0.15) is 0 Å². The van der Waals surface area contributed by atoms with Gasteiger partial charge in [0.25, 0.3) is 0 Å². The van der Waals surface area contributed by atoms with Crippen LogP contribution >= 0.6 is 0 Å². The van der Waals surface area contributed by atoms with Crippen LogP contribution in [0.15, 0.2) is 0 Å². The molecule has 2 N–H and O–H groups in total. The number of nitrogens with two attached hydrogens (primary N) is 1. The van der Waals surface area contributed by atoms with Crippen LogP contribution in [0.3, 0.4) is 0 Å². The van der Waals surface area contributed by atoms with E-state index in [1.54, 1.807) is 18.9 Å². The third kappa shape index (κ3) is 5.49. The van der Waals surface area contributed by atoms with Crippen LogP contribution in [-0.4, -0.2) is 44.0 Å². The summed E-state index contributed by atoms with van der Waals surface area (Å²) in [6.45, 7) is 6.57. The summed E-state index contributed by atoms with van der Waals surface area (Å²) >= 11 is 0. The summed E-state index contributed by atoms with van der Waals surface area (Å²) < 4.78 is 4.64. The largest absolute Gasteiger partial charge is 0.469 e. The topological polar surface area (TPSA) is 72.6 Å².